The minimum atomic E-state index is -0.234. The molecule has 3 nitrogen and oxygen atoms in total. The molecule has 2 aliphatic rings. The maximum atomic E-state index is 12.2. The molecule has 0 aromatic heterocycles. The Balaban J connectivity index is 1.70. The molecule has 4 heteroatoms. The molecule has 2 saturated heterocycles. The number of nitrogens with zero attached hydrogens (tertiary/aromatic N) is 3. The summed E-state index contributed by atoms with van der Waals surface area (Å²) in [6.45, 7) is 12.0. The molecule has 1 unspecified atom stereocenters. The third kappa shape index (κ3) is 2.99. The van der Waals surface area contributed by atoms with Gasteiger partial charge in [-0.3, -0.25) is 4.90 Å². The lowest BCUT2D eigenvalue weighted by Gasteiger charge is -2.52. The van der Waals surface area contributed by atoms with Crippen molar-refractivity contribution in [1.82, 2.24) is 9.80 Å². The van der Waals surface area contributed by atoms with Gasteiger partial charge in [-0.05, 0) is 24.3 Å². The summed E-state index contributed by atoms with van der Waals surface area (Å²) < 4.78 is 12.2. The van der Waals surface area contributed by atoms with E-state index in [1.807, 2.05) is 0 Å². The Morgan fingerprint density at radius 1 is 1.20 bits per heavy atom. The summed E-state index contributed by atoms with van der Waals surface area (Å²) in [4.78, 5) is 4.60. The number of hydrogen-bond donors (Lipinski definition) is 0. The molecule has 0 saturated carbocycles. The van der Waals surface area contributed by atoms with Crippen molar-refractivity contribution in [1.29, 1.82) is 5.26 Å². The number of hydrogen-bond acceptors (Lipinski definition) is 3. The molecule has 2 aliphatic heterocycles. The molecule has 0 aliphatic carbocycles. The maximum absolute atomic E-state index is 12.2. The van der Waals surface area contributed by atoms with Crippen molar-refractivity contribution in [2.24, 2.45) is 16.7 Å². The molecular formula is C16H28FN3. The molecule has 0 N–H and O–H groups in total. The zero-order valence-electron chi connectivity index (χ0n) is 13.2. The number of nitriles is 1. The predicted octanol–water partition coefficient (Wildman–Crippen LogP) is 2.54. The number of halogens is 1. The third-order valence-corrected chi connectivity index (χ3v) is 5.43. The molecule has 0 spiro atoms. The van der Waals surface area contributed by atoms with E-state index in [-0.39, 0.29) is 12.1 Å². The second kappa shape index (κ2) is 5.99. The quantitative estimate of drug-likeness (QED) is 0.718. The highest BCUT2D eigenvalue weighted by molar-refractivity contribution is 5.11. The van der Waals surface area contributed by atoms with Crippen molar-refractivity contribution >= 4 is 0 Å². The zero-order valence-corrected chi connectivity index (χ0v) is 13.2. The smallest absolute Gasteiger partial charge is 0.102 e. The topological polar surface area (TPSA) is 30.3 Å². The van der Waals surface area contributed by atoms with Crippen LogP contribution in [0.2, 0.25) is 0 Å². The van der Waals surface area contributed by atoms with E-state index >= 15 is 0 Å². The summed E-state index contributed by atoms with van der Waals surface area (Å²) in [6.07, 6.45) is 2.25. The van der Waals surface area contributed by atoms with Crippen LogP contribution in [0.15, 0.2) is 0 Å². The van der Waals surface area contributed by atoms with Crippen LogP contribution in [0.5, 0.6) is 0 Å². The van der Waals surface area contributed by atoms with Gasteiger partial charge in [0.25, 0.3) is 0 Å². The van der Waals surface area contributed by atoms with E-state index in [2.05, 4.69) is 36.6 Å². The Kier molecular flexibility index (Phi) is 4.71. The zero-order chi connectivity index (χ0) is 14.8. The van der Waals surface area contributed by atoms with Crippen LogP contribution in [-0.4, -0.2) is 55.7 Å². The minimum Gasteiger partial charge on any atom is -0.300 e. The lowest BCUT2D eigenvalue weighted by molar-refractivity contribution is -0.0352. The first kappa shape index (κ1) is 15.7. The van der Waals surface area contributed by atoms with Gasteiger partial charge in [-0.2, -0.15) is 5.26 Å². The van der Waals surface area contributed by atoms with E-state index in [9.17, 15) is 9.65 Å². The van der Waals surface area contributed by atoms with Crippen LogP contribution in [0.1, 0.15) is 33.6 Å². The fourth-order valence-corrected chi connectivity index (χ4v) is 3.69. The van der Waals surface area contributed by atoms with Gasteiger partial charge in [0.2, 0.25) is 0 Å². The van der Waals surface area contributed by atoms with Crippen LogP contribution in [0.4, 0.5) is 4.39 Å². The van der Waals surface area contributed by atoms with E-state index in [4.69, 9.17) is 0 Å². The van der Waals surface area contributed by atoms with Crippen molar-refractivity contribution in [2.45, 2.75) is 33.6 Å². The molecule has 20 heavy (non-hydrogen) atoms. The van der Waals surface area contributed by atoms with Crippen LogP contribution >= 0.6 is 0 Å². The average molecular weight is 281 g/mol. The summed E-state index contributed by atoms with van der Waals surface area (Å²) in [7, 11) is 0. The Bertz CT molecular complexity index is 364. The minimum absolute atomic E-state index is 0.102. The van der Waals surface area contributed by atoms with Crippen LogP contribution in [-0.2, 0) is 0 Å². The lowest BCUT2D eigenvalue weighted by Crippen LogP contribution is -2.61. The molecule has 1 atom stereocenters. The summed E-state index contributed by atoms with van der Waals surface area (Å²) in [5.41, 5.74) is 0.256. The highest BCUT2D eigenvalue weighted by atomic mass is 19.1. The maximum Gasteiger partial charge on any atom is 0.102 e. The van der Waals surface area contributed by atoms with Crippen molar-refractivity contribution in [2.75, 3.05) is 45.9 Å². The van der Waals surface area contributed by atoms with E-state index in [1.165, 1.54) is 0 Å². The first-order chi connectivity index (χ1) is 9.47. The van der Waals surface area contributed by atoms with Gasteiger partial charge in [0.15, 0.2) is 0 Å². The van der Waals surface area contributed by atoms with Gasteiger partial charge >= 0.3 is 0 Å². The van der Waals surface area contributed by atoms with Gasteiger partial charge in [0.1, 0.15) is 6.67 Å². The molecule has 0 amide bonds. The standard InChI is InChI=1S/C16H28FN3/c1-4-14(2)16(9-18)12-19(13-16)7-5-15(3)10-20(11-15)8-6-17/h14H,4-8,10-13H2,1-3H3. The SMILES string of the molecule is CCC(C)C1(C#N)CN(CCC2(C)CN(CCF)C2)C1. The Hall–Kier alpha value is -0.660. The molecule has 0 aromatic carbocycles. The summed E-state index contributed by atoms with van der Waals surface area (Å²) in [5.74, 6) is 0.489. The third-order valence-electron chi connectivity index (χ3n) is 5.43. The van der Waals surface area contributed by atoms with Gasteiger partial charge in [0.05, 0.1) is 11.5 Å². The van der Waals surface area contributed by atoms with E-state index in [1.54, 1.807) is 0 Å². The lowest BCUT2D eigenvalue weighted by atomic mass is 9.69. The summed E-state index contributed by atoms with van der Waals surface area (Å²) in [5, 5.41) is 9.42. The average Bonchev–Trinajstić information content (AvgIpc) is 2.35. The van der Waals surface area contributed by atoms with Gasteiger partial charge < -0.3 is 4.90 Å². The molecule has 0 bridgehead atoms. The van der Waals surface area contributed by atoms with Gasteiger partial charge in [-0.25, -0.2) is 4.39 Å². The van der Waals surface area contributed by atoms with Crippen molar-refractivity contribution in [3.05, 3.63) is 0 Å². The van der Waals surface area contributed by atoms with Gasteiger partial charge in [-0.15, -0.1) is 0 Å². The van der Waals surface area contributed by atoms with Crippen LogP contribution in [0.3, 0.4) is 0 Å². The fraction of sp³-hybridized carbons (Fsp3) is 0.938. The second-order valence-electron chi connectivity index (χ2n) is 7.25. The number of alkyl halides is 1. The normalized spacial score (nSPS) is 26.4. The molecule has 114 valence electrons. The number of rotatable bonds is 7. The van der Waals surface area contributed by atoms with E-state index in [0.717, 1.165) is 45.6 Å². The monoisotopic (exact) mass is 281 g/mol. The summed E-state index contributed by atoms with van der Waals surface area (Å²) in [6, 6.07) is 2.55. The summed E-state index contributed by atoms with van der Waals surface area (Å²) >= 11 is 0. The Labute approximate surface area is 122 Å². The van der Waals surface area contributed by atoms with E-state index < -0.39 is 0 Å². The van der Waals surface area contributed by atoms with Crippen LogP contribution < -0.4 is 0 Å². The van der Waals surface area contributed by atoms with Crippen molar-refractivity contribution < 1.29 is 4.39 Å². The highest BCUT2D eigenvalue weighted by Gasteiger charge is 2.47. The predicted molar refractivity (Wildman–Crippen MR) is 79.1 cm³/mol. The molecular weight excluding hydrogens is 253 g/mol. The van der Waals surface area contributed by atoms with E-state index in [0.29, 0.717) is 17.9 Å². The number of likely N-dealkylation sites (tertiary alicyclic amines) is 2. The molecule has 2 rings (SSSR count). The second-order valence-corrected chi connectivity index (χ2v) is 7.25. The van der Waals surface area contributed by atoms with Crippen molar-refractivity contribution in [3.8, 4) is 6.07 Å². The van der Waals surface area contributed by atoms with Crippen molar-refractivity contribution in [3.63, 3.8) is 0 Å². The molecule has 2 fully saturated rings. The van der Waals surface area contributed by atoms with Gasteiger partial charge in [-0.1, -0.05) is 27.2 Å². The van der Waals surface area contributed by atoms with Crippen LogP contribution in [0, 0.1) is 28.1 Å². The molecule has 0 radical (unpaired) electrons. The van der Waals surface area contributed by atoms with Gasteiger partial charge in [0, 0.05) is 32.7 Å². The largest absolute Gasteiger partial charge is 0.300 e. The highest BCUT2D eigenvalue weighted by Crippen LogP contribution is 2.40. The van der Waals surface area contributed by atoms with Crippen LogP contribution in [0.25, 0.3) is 0 Å². The molecule has 0 aromatic rings. The Morgan fingerprint density at radius 3 is 2.30 bits per heavy atom. The first-order valence-corrected chi connectivity index (χ1v) is 7.89. The Morgan fingerprint density at radius 2 is 1.80 bits per heavy atom. The molecule has 2 heterocycles. The fourth-order valence-electron chi connectivity index (χ4n) is 3.69. The first-order valence-electron chi connectivity index (χ1n) is 7.89.